The summed E-state index contributed by atoms with van der Waals surface area (Å²) >= 11 is 1.36. The molecule has 39 heavy (non-hydrogen) atoms. The molecule has 5 aromatic rings. The van der Waals surface area contributed by atoms with E-state index in [1.165, 1.54) is 11.8 Å². The Kier molecular flexibility index (Phi) is 6.36. The number of H-pyrrole nitrogens is 1. The van der Waals surface area contributed by atoms with Crippen LogP contribution < -0.4 is 10.4 Å². The molecular formula is C30H27N5O3S. The van der Waals surface area contributed by atoms with Crippen molar-refractivity contribution in [2.75, 3.05) is 13.7 Å². The van der Waals surface area contributed by atoms with Crippen molar-refractivity contribution in [1.29, 1.82) is 0 Å². The van der Waals surface area contributed by atoms with Crippen LogP contribution in [0.1, 0.15) is 11.1 Å². The average molecular weight is 538 g/mol. The number of methoxy groups -OCH3 is 1. The molecule has 1 aliphatic heterocycles. The quantitative estimate of drug-likeness (QED) is 0.301. The summed E-state index contributed by atoms with van der Waals surface area (Å²) in [4.78, 5) is 36.5. The maximum absolute atomic E-state index is 13.7. The molecule has 2 aromatic heterocycles. The van der Waals surface area contributed by atoms with E-state index in [-0.39, 0.29) is 11.6 Å². The summed E-state index contributed by atoms with van der Waals surface area (Å²) in [5.41, 5.74) is 5.39. The molecule has 0 radical (unpaired) electrons. The van der Waals surface area contributed by atoms with Crippen LogP contribution in [0.25, 0.3) is 28.0 Å². The van der Waals surface area contributed by atoms with Crippen LogP contribution in [0.5, 0.6) is 5.75 Å². The van der Waals surface area contributed by atoms with Crippen molar-refractivity contribution in [3.8, 4) is 5.75 Å². The van der Waals surface area contributed by atoms with Crippen LogP contribution in [0.2, 0.25) is 0 Å². The topological polar surface area (TPSA) is 84.6 Å². The van der Waals surface area contributed by atoms with E-state index >= 15 is 0 Å². The van der Waals surface area contributed by atoms with Crippen LogP contribution in [-0.4, -0.2) is 43.7 Å². The Labute approximate surface area is 229 Å². The fraction of sp³-hybridized carbons (Fsp3) is 0.167. The minimum atomic E-state index is -0.0887. The van der Waals surface area contributed by atoms with Crippen molar-refractivity contribution < 1.29 is 9.53 Å². The highest BCUT2D eigenvalue weighted by Crippen LogP contribution is 2.35. The number of aromatic nitrogens is 3. The minimum Gasteiger partial charge on any atom is -0.497 e. The van der Waals surface area contributed by atoms with E-state index in [0.717, 1.165) is 44.5 Å². The standard InChI is InChI=1S/C30H27N5O3S/c1-33-25-13-8-19(16-26(25)34(2)30(33)37)17-27-28(36)35(15-14-20-18-31-24-7-5-4-6-23(20)24)29(39-27)32-21-9-11-22(38-3)12-10-21/h4-13,16-18,31H,14-15H2,1-3H3/b27-17-,32-29?. The molecule has 1 saturated heterocycles. The fourth-order valence-corrected chi connectivity index (χ4v) is 5.92. The smallest absolute Gasteiger partial charge is 0.328 e. The van der Waals surface area contributed by atoms with Gasteiger partial charge in [-0.15, -0.1) is 0 Å². The number of fused-ring (bicyclic) bond motifs is 2. The summed E-state index contributed by atoms with van der Waals surface area (Å²) in [7, 11) is 5.14. The highest BCUT2D eigenvalue weighted by molar-refractivity contribution is 8.18. The van der Waals surface area contributed by atoms with Crippen molar-refractivity contribution in [1.82, 2.24) is 19.0 Å². The lowest BCUT2D eigenvalue weighted by Crippen LogP contribution is -2.31. The highest BCUT2D eigenvalue weighted by atomic mass is 32.2. The van der Waals surface area contributed by atoms with Gasteiger partial charge in [0.1, 0.15) is 5.75 Å². The number of hydrogen-bond donors (Lipinski definition) is 1. The molecule has 3 aromatic carbocycles. The first-order chi connectivity index (χ1) is 18.9. The van der Waals surface area contributed by atoms with E-state index in [0.29, 0.717) is 23.0 Å². The Morgan fingerprint density at radius 3 is 2.54 bits per heavy atom. The lowest BCUT2D eigenvalue weighted by molar-refractivity contribution is -0.122. The normalized spacial score (nSPS) is 15.9. The molecule has 0 unspecified atom stereocenters. The van der Waals surface area contributed by atoms with E-state index in [4.69, 9.17) is 9.73 Å². The summed E-state index contributed by atoms with van der Waals surface area (Å²) in [6.07, 6.45) is 4.57. The van der Waals surface area contributed by atoms with Gasteiger partial charge in [0.15, 0.2) is 5.17 Å². The number of amidine groups is 1. The van der Waals surface area contributed by atoms with Gasteiger partial charge in [-0.2, -0.15) is 0 Å². The maximum atomic E-state index is 13.7. The maximum Gasteiger partial charge on any atom is 0.328 e. The molecule has 8 nitrogen and oxygen atoms in total. The molecule has 0 saturated carbocycles. The first-order valence-electron chi connectivity index (χ1n) is 12.6. The van der Waals surface area contributed by atoms with Crippen LogP contribution in [0.15, 0.2) is 87.6 Å². The molecule has 0 aliphatic carbocycles. The zero-order valence-electron chi connectivity index (χ0n) is 21.8. The Morgan fingerprint density at radius 2 is 1.74 bits per heavy atom. The number of ether oxygens (including phenoxy) is 1. The van der Waals surface area contributed by atoms with Crippen LogP contribution >= 0.6 is 11.8 Å². The van der Waals surface area contributed by atoms with E-state index in [9.17, 15) is 9.59 Å². The van der Waals surface area contributed by atoms with E-state index in [1.807, 2.05) is 72.9 Å². The van der Waals surface area contributed by atoms with Crippen molar-refractivity contribution in [2.24, 2.45) is 19.1 Å². The van der Waals surface area contributed by atoms with Gasteiger partial charge in [-0.25, -0.2) is 9.79 Å². The lowest BCUT2D eigenvalue weighted by Gasteiger charge is -2.15. The highest BCUT2D eigenvalue weighted by Gasteiger charge is 2.33. The van der Waals surface area contributed by atoms with Gasteiger partial charge in [0.05, 0.1) is 28.7 Å². The molecule has 6 rings (SSSR count). The molecule has 0 spiro atoms. The third-order valence-electron chi connectivity index (χ3n) is 7.06. The first kappa shape index (κ1) is 24.8. The van der Waals surface area contributed by atoms with Gasteiger partial charge in [0, 0.05) is 37.7 Å². The van der Waals surface area contributed by atoms with E-state index < -0.39 is 0 Å². The zero-order valence-corrected chi connectivity index (χ0v) is 22.7. The van der Waals surface area contributed by atoms with Gasteiger partial charge < -0.3 is 9.72 Å². The molecule has 1 amide bonds. The molecular weight excluding hydrogens is 510 g/mol. The zero-order chi connectivity index (χ0) is 27.1. The van der Waals surface area contributed by atoms with Crippen LogP contribution in [0.4, 0.5) is 5.69 Å². The second-order valence-electron chi connectivity index (χ2n) is 9.42. The van der Waals surface area contributed by atoms with Crippen LogP contribution in [-0.2, 0) is 25.3 Å². The second-order valence-corrected chi connectivity index (χ2v) is 10.4. The summed E-state index contributed by atoms with van der Waals surface area (Å²) in [5, 5.41) is 1.78. The van der Waals surface area contributed by atoms with Gasteiger partial charge in [-0.3, -0.25) is 18.8 Å². The first-order valence-corrected chi connectivity index (χ1v) is 13.4. The minimum absolute atomic E-state index is 0.0847. The Balaban J connectivity index is 1.34. The molecule has 3 heterocycles. The number of thioether (sulfide) groups is 1. The number of imidazole rings is 1. The number of carbonyl (C=O) groups is 1. The third kappa shape index (κ3) is 4.55. The number of nitrogens with zero attached hydrogens (tertiary/aromatic N) is 4. The van der Waals surface area contributed by atoms with Gasteiger partial charge in [-0.1, -0.05) is 24.3 Å². The molecule has 1 N–H and O–H groups in total. The van der Waals surface area contributed by atoms with Crippen molar-refractivity contribution >= 4 is 56.5 Å². The monoisotopic (exact) mass is 537 g/mol. The third-order valence-corrected chi connectivity index (χ3v) is 8.07. The van der Waals surface area contributed by atoms with Crippen molar-refractivity contribution in [2.45, 2.75) is 6.42 Å². The predicted octanol–water partition coefficient (Wildman–Crippen LogP) is 5.21. The Bertz CT molecular complexity index is 1840. The van der Waals surface area contributed by atoms with Gasteiger partial charge >= 0.3 is 5.69 Å². The number of aryl methyl sites for hydroxylation is 2. The summed E-state index contributed by atoms with van der Waals surface area (Å²) < 4.78 is 8.51. The number of para-hydroxylation sites is 1. The lowest BCUT2D eigenvalue weighted by atomic mass is 10.1. The molecule has 196 valence electrons. The molecule has 9 heteroatoms. The second kappa shape index (κ2) is 9.99. The number of benzene rings is 3. The number of nitrogens with one attached hydrogen (secondary N) is 1. The van der Waals surface area contributed by atoms with Gasteiger partial charge in [-0.05, 0) is 77.9 Å². The number of amides is 1. The molecule has 1 aliphatic rings. The van der Waals surface area contributed by atoms with E-state index in [1.54, 1.807) is 35.2 Å². The SMILES string of the molecule is COc1ccc(N=C2S/C(=C\c3ccc4c(c3)n(C)c(=O)n4C)C(=O)N2CCc2c[nH]c3ccccc23)cc1. The van der Waals surface area contributed by atoms with Crippen LogP contribution in [0, 0.1) is 0 Å². The van der Waals surface area contributed by atoms with Gasteiger partial charge in [0.25, 0.3) is 5.91 Å². The summed E-state index contributed by atoms with van der Waals surface area (Å²) in [6.45, 7) is 0.492. The summed E-state index contributed by atoms with van der Waals surface area (Å²) in [6, 6.07) is 21.4. The molecule has 0 atom stereocenters. The predicted molar refractivity (Wildman–Crippen MR) is 158 cm³/mol. The number of carbonyl (C=O) groups excluding carboxylic acids is 1. The van der Waals surface area contributed by atoms with Crippen LogP contribution in [0.3, 0.4) is 0 Å². The number of rotatable bonds is 6. The summed E-state index contributed by atoms with van der Waals surface area (Å²) in [5.74, 6) is 0.658. The van der Waals surface area contributed by atoms with Gasteiger partial charge in [0.2, 0.25) is 0 Å². The van der Waals surface area contributed by atoms with Crippen molar-refractivity contribution in [3.63, 3.8) is 0 Å². The van der Waals surface area contributed by atoms with Crippen molar-refractivity contribution in [3.05, 3.63) is 99.4 Å². The molecule has 1 fully saturated rings. The van der Waals surface area contributed by atoms with E-state index in [2.05, 4.69) is 11.1 Å². The average Bonchev–Trinajstić information content (AvgIpc) is 3.57. The largest absolute Gasteiger partial charge is 0.497 e. The fourth-order valence-electron chi connectivity index (χ4n) is 4.89. The Hall–Kier alpha value is -4.50. The molecule has 0 bridgehead atoms. The number of hydrogen-bond acceptors (Lipinski definition) is 5. The number of aliphatic imine (C=N–C) groups is 1. The number of aromatic amines is 1. The Morgan fingerprint density at radius 1 is 0.974 bits per heavy atom.